The van der Waals surface area contributed by atoms with Gasteiger partial charge in [0.1, 0.15) is 23.9 Å². The van der Waals surface area contributed by atoms with E-state index in [1.54, 1.807) is 35.9 Å². The monoisotopic (exact) mass is 861 g/mol. The Labute approximate surface area is 354 Å². The van der Waals surface area contributed by atoms with Crippen molar-refractivity contribution in [2.75, 3.05) is 32.1 Å². The Hall–Kier alpha value is -2.05. The van der Waals surface area contributed by atoms with Gasteiger partial charge in [0.15, 0.2) is 16.9 Å². The fourth-order valence-electron chi connectivity index (χ4n) is 11.4. The van der Waals surface area contributed by atoms with Crippen molar-refractivity contribution in [3.05, 3.63) is 36.1 Å². The molecule has 3 aliphatic heterocycles. The van der Waals surface area contributed by atoms with E-state index in [1.165, 1.54) is 17.1 Å². The molecule has 12 atom stereocenters. The zero-order valence-electron chi connectivity index (χ0n) is 34.3. The number of ether oxygens (including phenoxy) is 4. The molecule has 0 amide bonds. The number of esters is 1. The lowest BCUT2D eigenvalue weighted by molar-refractivity contribution is -0.424. The third kappa shape index (κ3) is 7.64. The Morgan fingerprint density at radius 3 is 2.63 bits per heavy atom. The molecule has 4 heterocycles. The molecule has 1 aromatic carbocycles. The maximum atomic E-state index is 13.3. The van der Waals surface area contributed by atoms with Gasteiger partial charge in [0, 0.05) is 53.3 Å². The summed E-state index contributed by atoms with van der Waals surface area (Å²) in [6.45, 7) is 4.41. The largest absolute Gasteiger partial charge is 0.485 e. The van der Waals surface area contributed by atoms with Crippen molar-refractivity contribution >= 4 is 38.5 Å². The van der Waals surface area contributed by atoms with Gasteiger partial charge in [-0.15, -0.1) is 0 Å². The van der Waals surface area contributed by atoms with Crippen LogP contribution in [0.3, 0.4) is 0 Å². The molecule has 2 aromatic rings. The molecule has 0 radical (unpaired) electrons. The van der Waals surface area contributed by atoms with E-state index in [-0.39, 0.29) is 66.9 Å². The van der Waals surface area contributed by atoms with Crippen molar-refractivity contribution in [1.29, 1.82) is 0 Å². The molecule has 2 spiro atoms. The lowest BCUT2D eigenvalue weighted by Crippen LogP contribution is -2.86. The molecule has 2 saturated heterocycles. The van der Waals surface area contributed by atoms with Crippen LogP contribution in [0, 0.1) is 23.7 Å². The molecule has 328 valence electrons. The lowest BCUT2D eigenvalue weighted by atomic mass is 9.50. The molecule has 2 saturated carbocycles. The smallest absolute Gasteiger partial charge is 0.306 e. The van der Waals surface area contributed by atoms with Gasteiger partial charge in [-0.05, 0) is 81.4 Å². The molecular weight excluding hydrogens is 799 g/mol. The number of carbonyl (C=O) groups excluding carboxylic acids is 1. The fraction of sp³-hybridized carbons (Fsp3) is 0.750. The molecule has 59 heavy (non-hydrogen) atoms. The number of aryl methyl sites for hydroxylation is 1. The van der Waals surface area contributed by atoms with E-state index in [1.807, 2.05) is 6.07 Å². The van der Waals surface area contributed by atoms with Crippen LogP contribution < -0.4 is 14.8 Å². The number of nitrogens with one attached hydrogen (secondary N) is 1. The zero-order chi connectivity index (χ0) is 41.6. The normalized spacial score (nSPS) is 40.0. The summed E-state index contributed by atoms with van der Waals surface area (Å²) in [5, 5.41) is 78.6. The second-order valence-corrected chi connectivity index (χ2v) is 20.8. The summed E-state index contributed by atoms with van der Waals surface area (Å²) in [7, 11) is 3.32. The molecule has 15 heteroatoms. The van der Waals surface area contributed by atoms with Crippen molar-refractivity contribution < 1.29 is 58.8 Å². The number of aliphatic hydroxyl groups is 6. The van der Waals surface area contributed by atoms with Crippen molar-refractivity contribution in [3.63, 3.8) is 0 Å². The van der Waals surface area contributed by atoms with Crippen molar-refractivity contribution in [1.82, 2.24) is 5.32 Å². The van der Waals surface area contributed by atoms with Gasteiger partial charge in [-0.25, -0.2) is 0 Å². The van der Waals surface area contributed by atoms with Gasteiger partial charge < -0.3 is 59.3 Å². The summed E-state index contributed by atoms with van der Waals surface area (Å²) >= 11 is 0. The van der Waals surface area contributed by atoms with Crippen LogP contribution in [0.15, 0.2) is 35.0 Å². The summed E-state index contributed by atoms with van der Waals surface area (Å²) in [6, 6.07) is 3.75. The highest BCUT2D eigenvalue weighted by Crippen LogP contribution is 2.62. The van der Waals surface area contributed by atoms with Crippen LogP contribution in [0.2, 0.25) is 0 Å². The highest BCUT2D eigenvalue weighted by Gasteiger charge is 2.78. The van der Waals surface area contributed by atoms with Crippen molar-refractivity contribution in [2.24, 2.45) is 23.7 Å². The number of furan rings is 1. The summed E-state index contributed by atoms with van der Waals surface area (Å²) < 4.78 is 31.9. The third-order valence-electron chi connectivity index (χ3n) is 14.6. The predicted octanol–water partition coefficient (Wildman–Crippen LogP) is 4.80. The predicted molar refractivity (Wildman–Crippen MR) is 224 cm³/mol. The first-order valence-electron chi connectivity index (χ1n) is 21.9. The standard InChI is InChI=1S/C44H63NO12S2/c1-3-53-34(49)15-12-27-22-28-16-20-54-36(28)38-37(27)56-40-44(52)35-29(11-13-31(47)30(35)24-46)23-42(51,39(44)50)43(57-40)25-58-59-41(17-5-4-6-18-41)32(45-19-21-55-38)14-10-26(2)8-7-9-33(43)48/h11,13,16,20,22,26,29-33,35,39-40,45-48,50-52H,3-10,12,14-15,17-19,21,23-25H2,1-2H3. The first-order chi connectivity index (χ1) is 28.4. The van der Waals surface area contributed by atoms with E-state index in [0.29, 0.717) is 35.4 Å². The molecule has 7 N–H and O–H groups in total. The SMILES string of the molecule is CCOC(=O)CCc1cc2ccoc2c2c1OC1OC3(CSSC4(CCCCC4)C(CCC(C)CCCC3O)NCCO2)C2(O)CC3C=CC(O)C(CO)C3C1(O)C2O. The number of hydrogen-bond donors (Lipinski definition) is 7. The average Bonchev–Trinajstić information content (AvgIpc) is 3.69. The van der Waals surface area contributed by atoms with E-state index in [9.17, 15) is 35.4 Å². The first kappa shape index (κ1) is 43.6. The number of hydrogen-bond acceptors (Lipinski definition) is 15. The van der Waals surface area contributed by atoms with Crippen LogP contribution in [-0.2, 0) is 20.7 Å². The number of benzene rings is 1. The van der Waals surface area contributed by atoms with E-state index < -0.39 is 71.7 Å². The van der Waals surface area contributed by atoms with Gasteiger partial charge in [0.2, 0.25) is 12.0 Å². The summed E-state index contributed by atoms with van der Waals surface area (Å²) in [6.07, 6.45) is 7.73. The Morgan fingerprint density at radius 2 is 1.85 bits per heavy atom. The number of carbonyl (C=O) groups is 1. The summed E-state index contributed by atoms with van der Waals surface area (Å²) in [4.78, 5) is 12.8. The molecule has 1 aromatic heterocycles. The Kier molecular flexibility index (Phi) is 13.0. The van der Waals surface area contributed by atoms with E-state index >= 15 is 0 Å². The van der Waals surface area contributed by atoms with Crippen LogP contribution in [0.5, 0.6) is 11.5 Å². The molecule has 12 unspecified atom stereocenters. The Bertz CT molecular complexity index is 1820. The van der Waals surface area contributed by atoms with Crippen molar-refractivity contribution in [2.45, 2.75) is 150 Å². The molecule has 4 fully saturated rings. The molecule has 8 rings (SSSR count). The molecule has 13 nitrogen and oxygen atoms in total. The molecule has 5 bridgehead atoms. The minimum atomic E-state index is -2.44. The van der Waals surface area contributed by atoms with E-state index in [2.05, 4.69) is 12.2 Å². The van der Waals surface area contributed by atoms with Gasteiger partial charge in [-0.1, -0.05) is 72.8 Å². The van der Waals surface area contributed by atoms with Crippen LogP contribution in [0.4, 0.5) is 0 Å². The Morgan fingerprint density at radius 1 is 1.03 bits per heavy atom. The highest BCUT2D eigenvalue weighted by atomic mass is 33.1. The lowest BCUT2D eigenvalue weighted by Gasteiger charge is -2.67. The third-order valence-corrected chi connectivity index (χ3v) is 18.0. The van der Waals surface area contributed by atoms with Crippen LogP contribution in [-0.4, -0.2) is 121 Å². The molecular formula is C44H63NO12S2. The second-order valence-electron chi connectivity index (χ2n) is 18.1. The number of rotatable bonds is 5. The summed E-state index contributed by atoms with van der Waals surface area (Å²) in [5.74, 6) is -2.30. The van der Waals surface area contributed by atoms with Gasteiger partial charge in [-0.2, -0.15) is 0 Å². The minimum Gasteiger partial charge on any atom is -0.485 e. The topological polar surface area (TPSA) is 201 Å². The van der Waals surface area contributed by atoms with E-state index in [0.717, 1.165) is 51.4 Å². The van der Waals surface area contributed by atoms with Crippen LogP contribution >= 0.6 is 21.6 Å². The second kappa shape index (κ2) is 17.6. The van der Waals surface area contributed by atoms with E-state index in [4.69, 9.17) is 23.4 Å². The van der Waals surface area contributed by atoms with Gasteiger partial charge in [0.05, 0.1) is 25.1 Å². The maximum Gasteiger partial charge on any atom is 0.306 e. The molecule has 6 aliphatic rings. The molecule has 3 aliphatic carbocycles. The fourth-order valence-corrected chi connectivity index (χ4v) is 15.5. The summed E-state index contributed by atoms with van der Waals surface area (Å²) in [5.41, 5.74) is -5.60. The van der Waals surface area contributed by atoms with Crippen LogP contribution in [0.25, 0.3) is 11.0 Å². The highest BCUT2D eigenvalue weighted by molar-refractivity contribution is 8.77. The van der Waals surface area contributed by atoms with Gasteiger partial charge in [-0.3, -0.25) is 4.79 Å². The van der Waals surface area contributed by atoms with Crippen molar-refractivity contribution in [3.8, 4) is 11.5 Å². The Balaban J connectivity index is 1.34. The van der Waals surface area contributed by atoms with Gasteiger partial charge in [0.25, 0.3) is 0 Å². The average molecular weight is 862 g/mol. The van der Waals surface area contributed by atoms with Crippen LogP contribution in [0.1, 0.15) is 96.5 Å². The minimum absolute atomic E-state index is 0.000303. The quantitative estimate of drug-likeness (QED) is 0.123. The number of aliphatic hydroxyl groups excluding tert-OH is 4. The van der Waals surface area contributed by atoms with Gasteiger partial charge >= 0.3 is 5.97 Å². The zero-order valence-corrected chi connectivity index (χ0v) is 35.9. The maximum absolute atomic E-state index is 13.3. The number of allylic oxidation sites excluding steroid dienone is 1. The first-order valence-corrected chi connectivity index (χ1v) is 24.2. The number of fused-ring (bicyclic) bond motifs is 11.